The molecule has 0 fully saturated rings. The molecule has 0 atom stereocenters. The third kappa shape index (κ3) is 3.52. The molecule has 0 aliphatic carbocycles. The fourth-order valence-electron chi connectivity index (χ4n) is 2.23. The van der Waals surface area contributed by atoms with E-state index in [1.807, 2.05) is 42.5 Å². The number of hydrogen-bond acceptors (Lipinski definition) is 3. The van der Waals surface area contributed by atoms with E-state index in [4.69, 9.17) is 0 Å². The summed E-state index contributed by atoms with van der Waals surface area (Å²) in [4.78, 5) is 30.8. The lowest BCUT2D eigenvalue weighted by Gasteiger charge is -2.07. The van der Waals surface area contributed by atoms with Gasteiger partial charge in [0.05, 0.1) is 5.56 Å². The lowest BCUT2D eigenvalue weighted by molar-refractivity contribution is 0.0950. The zero-order valence-corrected chi connectivity index (χ0v) is 12.3. The van der Waals surface area contributed by atoms with Crippen LogP contribution in [-0.2, 0) is 6.54 Å². The van der Waals surface area contributed by atoms with Crippen LogP contribution in [0.15, 0.2) is 71.9 Å². The molecular weight excluding hydrogens is 290 g/mol. The van der Waals surface area contributed by atoms with Crippen LogP contribution >= 0.6 is 0 Å². The normalized spacial score (nSPS) is 10.3. The van der Waals surface area contributed by atoms with Crippen LogP contribution in [-0.4, -0.2) is 15.9 Å². The largest absolute Gasteiger partial charge is 0.348 e. The molecule has 0 unspecified atom stereocenters. The van der Waals surface area contributed by atoms with Crippen molar-refractivity contribution in [1.29, 1.82) is 0 Å². The molecule has 2 N–H and O–H groups in total. The molecule has 5 nitrogen and oxygen atoms in total. The number of benzene rings is 1. The van der Waals surface area contributed by atoms with Gasteiger partial charge in [0.2, 0.25) is 0 Å². The van der Waals surface area contributed by atoms with Gasteiger partial charge >= 0.3 is 0 Å². The van der Waals surface area contributed by atoms with Crippen molar-refractivity contribution in [2.24, 2.45) is 0 Å². The van der Waals surface area contributed by atoms with Gasteiger partial charge in [-0.2, -0.15) is 0 Å². The number of nitrogens with zero attached hydrogens (tertiary/aromatic N) is 1. The number of rotatable bonds is 4. The molecule has 114 valence electrons. The zero-order chi connectivity index (χ0) is 16.1. The van der Waals surface area contributed by atoms with Crippen LogP contribution in [0.2, 0.25) is 0 Å². The molecule has 2 aromatic heterocycles. The Hall–Kier alpha value is -3.21. The van der Waals surface area contributed by atoms with E-state index < -0.39 is 0 Å². The number of carbonyl (C=O) groups is 1. The number of aromatic nitrogens is 2. The van der Waals surface area contributed by atoms with Gasteiger partial charge in [-0.1, -0.05) is 30.3 Å². The van der Waals surface area contributed by atoms with Crippen molar-refractivity contribution in [3.8, 4) is 11.1 Å². The van der Waals surface area contributed by atoms with Gasteiger partial charge in [-0.3, -0.25) is 14.6 Å². The predicted molar refractivity (Wildman–Crippen MR) is 87.9 cm³/mol. The van der Waals surface area contributed by atoms with E-state index in [1.54, 1.807) is 18.5 Å². The Labute approximate surface area is 133 Å². The highest BCUT2D eigenvalue weighted by molar-refractivity contribution is 5.95. The van der Waals surface area contributed by atoms with E-state index in [9.17, 15) is 9.59 Å². The van der Waals surface area contributed by atoms with Crippen LogP contribution in [0.25, 0.3) is 11.1 Å². The molecule has 1 aromatic carbocycles. The summed E-state index contributed by atoms with van der Waals surface area (Å²) in [6.45, 7) is 0.404. The van der Waals surface area contributed by atoms with Crippen molar-refractivity contribution in [1.82, 2.24) is 15.3 Å². The molecule has 0 saturated carbocycles. The molecule has 5 heteroatoms. The van der Waals surface area contributed by atoms with Gasteiger partial charge in [-0.05, 0) is 29.3 Å². The maximum atomic E-state index is 12.3. The number of pyridine rings is 2. The van der Waals surface area contributed by atoms with E-state index in [1.165, 1.54) is 6.20 Å². The Morgan fingerprint density at radius 3 is 2.57 bits per heavy atom. The van der Waals surface area contributed by atoms with Crippen molar-refractivity contribution >= 4 is 5.91 Å². The summed E-state index contributed by atoms with van der Waals surface area (Å²) < 4.78 is 0. The number of nitrogens with one attached hydrogen (secondary N) is 2. The van der Waals surface area contributed by atoms with Gasteiger partial charge in [0, 0.05) is 30.7 Å². The maximum absolute atomic E-state index is 12.3. The minimum atomic E-state index is -0.241. The molecule has 0 spiro atoms. The van der Waals surface area contributed by atoms with Crippen molar-refractivity contribution < 1.29 is 4.79 Å². The lowest BCUT2D eigenvalue weighted by Crippen LogP contribution is -2.24. The van der Waals surface area contributed by atoms with Crippen LogP contribution in [0.3, 0.4) is 0 Å². The number of hydrogen-bond donors (Lipinski definition) is 2. The topological polar surface area (TPSA) is 74.8 Å². The average Bonchev–Trinajstić information content (AvgIpc) is 2.62. The van der Waals surface area contributed by atoms with Crippen LogP contribution < -0.4 is 10.9 Å². The van der Waals surface area contributed by atoms with Gasteiger partial charge in [0.15, 0.2) is 0 Å². The van der Waals surface area contributed by atoms with Crippen molar-refractivity contribution in [3.63, 3.8) is 0 Å². The minimum Gasteiger partial charge on any atom is -0.348 e. The van der Waals surface area contributed by atoms with Gasteiger partial charge in [-0.15, -0.1) is 0 Å². The number of aromatic amines is 1. The summed E-state index contributed by atoms with van der Waals surface area (Å²) in [6.07, 6.45) is 4.78. The third-order valence-corrected chi connectivity index (χ3v) is 3.45. The Morgan fingerprint density at radius 1 is 1.09 bits per heavy atom. The van der Waals surface area contributed by atoms with Crippen LogP contribution in [0.5, 0.6) is 0 Å². The molecule has 0 aliphatic rings. The summed E-state index contributed by atoms with van der Waals surface area (Å²) in [5.74, 6) is -0.241. The Bertz CT molecular complexity index is 858. The number of amides is 1. The number of carbonyl (C=O) groups excluding carboxylic acids is 1. The quantitative estimate of drug-likeness (QED) is 0.777. The highest BCUT2D eigenvalue weighted by Crippen LogP contribution is 2.15. The summed E-state index contributed by atoms with van der Waals surface area (Å²) in [6, 6.07) is 14.5. The molecule has 3 rings (SSSR count). The first-order valence-electron chi connectivity index (χ1n) is 7.19. The second kappa shape index (κ2) is 6.70. The zero-order valence-electron chi connectivity index (χ0n) is 12.3. The molecule has 0 bridgehead atoms. The Kier molecular flexibility index (Phi) is 4.29. The first-order valence-corrected chi connectivity index (χ1v) is 7.19. The van der Waals surface area contributed by atoms with E-state index in [2.05, 4.69) is 15.3 Å². The summed E-state index contributed by atoms with van der Waals surface area (Å²) in [7, 11) is 0. The summed E-state index contributed by atoms with van der Waals surface area (Å²) in [5.41, 5.74) is 2.40. The maximum Gasteiger partial charge on any atom is 0.255 e. The van der Waals surface area contributed by atoms with Crippen molar-refractivity contribution in [2.45, 2.75) is 6.54 Å². The average molecular weight is 305 g/mol. The van der Waals surface area contributed by atoms with Crippen molar-refractivity contribution in [3.05, 3.63) is 88.6 Å². The van der Waals surface area contributed by atoms with Gasteiger partial charge in [0.1, 0.15) is 0 Å². The van der Waals surface area contributed by atoms with Gasteiger partial charge < -0.3 is 10.3 Å². The van der Waals surface area contributed by atoms with E-state index in [0.717, 1.165) is 11.1 Å². The standard InChI is InChI=1S/C18H15N3O2/c22-17(20-11-13-6-8-19-9-7-13)15-10-16(18(23)21-12-15)14-4-2-1-3-5-14/h1-10,12H,11H2,(H,20,22)(H,21,23). The monoisotopic (exact) mass is 305 g/mol. The van der Waals surface area contributed by atoms with Crippen LogP contribution in [0, 0.1) is 0 Å². The first-order chi connectivity index (χ1) is 11.2. The lowest BCUT2D eigenvalue weighted by atomic mass is 10.1. The predicted octanol–water partition coefficient (Wildman–Crippen LogP) is 2.37. The molecule has 23 heavy (non-hydrogen) atoms. The van der Waals surface area contributed by atoms with Crippen LogP contribution in [0.4, 0.5) is 0 Å². The Morgan fingerprint density at radius 2 is 1.83 bits per heavy atom. The van der Waals surface area contributed by atoms with Gasteiger partial charge in [-0.25, -0.2) is 0 Å². The highest BCUT2D eigenvalue weighted by Gasteiger charge is 2.10. The SMILES string of the molecule is O=C(NCc1ccncc1)c1c[nH]c(=O)c(-c2ccccc2)c1. The van der Waals surface area contributed by atoms with Crippen LogP contribution in [0.1, 0.15) is 15.9 Å². The third-order valence-electron chi connectivity index (χ3n) is 3.45. The van der Waals surface area contributed by atoms with Crippen molar-refractivity contribution in [2.75, 3.05) is 0 Å². The highest BCUT2D eigenvalue weighted by atomic mass is 16.1. The summed E-state index contributed by atoms with van der Waals surface area (Å²) >= 11 is 0. The molecular formula is C18H15N3O2. The fraction of sp³-hybridized carbons (Fsp3) is 0.0556. The molecule has 1 amide bonds. The molecule has 2 heterocycles. The van der Waals surface area contributed by atoms with E-state index in [-0.39, 0.29) is 11.5 Å². The second-order valence-corrected chi connectivity index (χ2v) is 5.04. The smallest absolute Gasteiger partial charge is 0.255 e. The molecule has 0 radical (unpaired) electrons. The van der Waals surface area contributed by atoms with Gasteiger partial charge in [0.25, 0.3) is 11.5 Å². The molecule has 3 aromatic rings. The minimum absolute atomic E-state index is 0.220. The fourth-order valence-corrected chi connectivity index (χ4v) is 2.23. The van der Waals surface area contributed by atoms with E-state index in [0.29, 0.717) is 17.7 Å². The summed E-state index contributed by atoms with van der Waals surface area (Å²) in [5, 5.41) is 2.82. The Balaban J connectivity index is 1.80. The van der Waals surface area contributed by atoms with E-state index >= 15 is 0 Å². The number of H-pyrrole nitrogens is 1. The molecule has 0 aliphatic heterocycles. The second-order valence-electron chi connectivity index (χ2n) is 5.04. The first kappa shape index (κ1) is 14.7. The molecule has 0 saturated heterocycles.